The van der Waals surface area contributed by atoms with Gasteiger partial charge in [-0.15, -0.1) is 0 Å². The van der Waals surface area contributed by atoms with E-state index in [2.05, 4.69) is 5.10 Å². The highest BCUT2D eigenvalue weighted by molar-refractivity contribution is 6.30. The molecule has 2 aliphatic heterocycles. The maximum absolute atomic E-state index is 13.5. The fraction of sp³-hybridized carbons (Fsp3) is 0.400. The molecule has 8 heteroatoms. The lowest BCUT2D eigenvalue weighted by molar-refractivity contribution is -0.152. The predicted molar refractivity (Wildman–Crippen MR) is 124 cm³/mol. The second-order valence-electron chi connectivity index (χ2n) is 8.30. The van der Waals surface area contributed by atoms with E-state index in [-0.39, 0.29) is 30.3 Å². The number of likely N-dealkylation sites (tertiary alicyclic amines) is 1. The molecule has 0 N–H and O–H groups in total. The van der Waals surface area contributed by atoms with E-state index < -0.39 is 6.04 Å². The van der Waals surface area contributed by atoms with Crippen molar-refractivity contribution >= 4 is 29.2 Å². The molecule has 2 aliphatic rings. The first kappa shape index (κ1) is 23.4. The average Bonchev–Trinajstić information content (AvgIpc) is 3.26. The van der Waals surface area contributed by atoms with Gasteiger partial charge in [0.25, 0.3) is 5.91 Å². The number of benzene rings is 2. The van der Waals surface area contributed by atoms with Crippen LogP contribution in [0.1, 0.15) is 49.8 Å². The zero-order valence-corrected chi connectivity index (χ0v) is 19.3. The summed E-state index contributed by atoms with van der Waals surface area (Å²) in [4.78, 5) is 27.8. The fourth-order valence-electron chi connectivity index (χ4n) is 4.43. The molecule has 0 spiro atoms. The number of rotatable bonds is 6. The quantitative estimate of drug-likeness (QED) is 0.579. The minimum Gasteiger partial charge on any atom is -0.465 e. The van der Waals surface area contributed by atoms with E-state index in [9.17, 15) is 14.0 Å². The molecular weight excluding hydrogens is 445 g/mol. The Morgan fingerprint density at radius 2 is 1.85 bits per heavy atom. The van der Waals surface area contributed by atoms with E-state index in [0.717, 1.165) is 24.0 Å². The SMILES string of the molecule is CCOC(=O)C1CCCCN1CC(=O)N1N=C(c2ccc(F)cc2)CC1c1ccc(Cl)cc1. The van der Waals surface area contributed by atoms with Crippen molar-refractivity contribution in [3.63, 3.8) is 0 Å². The number of hydrogen-bond acceptors (Lipinski definition) is 5. The number of hydrazone groups is 1. The standard InChI is InChI=1S/C25H27ClFN3O3/c1-2-33-25(32)22-5-3-4-14-29(22)16-24(31)30-23(18-6-10-19(26)11-7-18)15-21(28-30)17-8-12-20(27)13-9-17/h6-13,22-23H,2-5,14-16H2,1H3. The first-order chi connectivity index (χ1) is 16.0. The average molecular weight is 472 g/mol. The molecule has 0 radical (unpaired) electrons. The van der Waals surface area contributed by atoms with Crippen molar-refractivity contribution in [1.82, 2.24) is 9.91 Å². The van der Waals surface area contributed by atoms with Gasteiger partial charge in [0.05, 0.1) is 24.9 Å². The summed E-state index contributed by atoms with van der Waals surface area (Å²) in [5.74, 6) is -0.797. The van der Waals surface area contributed by atoms with E-state index in [1.807, 2.05) is 17.0 Å². The highest BCUT2D eigenvalue weighted by Crippen LogP contribution is 2.34. The Morgan fingerprint density at radius 3 is 2.55 bits per heavy atom. The van der Waals surface area contributed by atoms with Gasteiger partial charge in [-0.25, -0.2) is 9.40 Å². The molecule has 2 heterocycles. The van der Waals surface area contributed by atoms with Gasteiger partial charge in [-0.2, -0.15) is 5.10 Å². The Bertz CT molecular complexity index is 1030. The summed E-state index contributed by atoms with van der Waals surface area (Å²) >= 11 is 6.06. The lowest BCUT2D eigenvalue weighted by Gasteiger charge is -2.34. The smallest absolute Gasteiger partial charge is 0.323 e. The highest BCUT2D eigenvalue weighted by Gasteiger charge is 2.37. The summed E-state index contributed by atoms with van der Waals surface area (Å²) in [5, 5.41) is 6.75. The van der Waals surface area contributed by atoms with Gasteiger partial charge < -0.3 is 4.74 Å². The van der Waals surface area contributed by atoms with Crippen LogP contribution in [0.25, 0.3) is 0 Å². The van der Waals surface area contributed by atoms with E-state index >= 15 is 0 Å². The monoisotopic (exact) mass is 471 g/mol. The number of piperidine rings is 1. The third-order valence-corrected chi connectivity index (χ3v) is 6.36. The number of amides is 1. The van der Waals surface area contributed by atoms with Crippen LogP contribution in [-0.2, 0) is 14.3 Å². The van der Waals surface area contributed by atoms with E-state index in [1.54, 1.807) is 31.2 Å². The maximum Gasteiger partial charge on any atom is 0.323 e. The van der Waals surface area contributed by atoms with Crippen molar-refractivity contribution in [2.45, 2.75) is 44.7 Å². The summed E-state index contributed by atoms with van der Waals surface area (Å²) in [7, 11) is 0. The molecule has 0 bridgehead atoms. The molecule has 2 aromatic rings. The van der Waals surface area contributed by atoms with Gasteiger partial charge >= 0.3 is 5.97 Å². The van der Waals surface area contributed by atoms with Crippen molar-refractivity contribution in [2.24, 2.45) is 5.10 Å². The lowest BCUT2D eigenvalue weighted by Crippen LogP contribution is -2.49. The molecule has 2 aromatic carbocycles. The zero-order valence-electron chi connectivity index (χ0n) is 18.5. The third kappa shape index (κ3) is 5.42. The van der Waals surface area contributed by atoms with Crippen molar-refractivity contribution < 1.29 is 18.7 Å². The summed E-state index contributed by atoms with van der Waals surface area (Å²) in [6.07, 6.45) is 3.03. The van der Waals surface area contributed by atoms with Crippen molar-refractivity contribution in [3.8, 4) is 0 Å². The number of ether oxygens (including phenoxy) is 1. The summed E-state index contributed by atoms with van der Waals surface area (Å²) < 4.78 is 18.6. The third-order valence-electron chi connectivity index (χ3n) is 6.11. The van der Waals surface area contributed by atoms with Crippen LogP contribution in [-0.4, -0.2) is 53.2 Å². The molecule has 2 unspecified atom stereocenters. The van der Waals surface area contributed by atoms with Crippen LogP contribution in [0.4, 0.5) is 4.39 Å². The van der Waals surface area contributed by atoms with Gasteiger partial charge in [-0.3, -0.25) is 14.5 Å². The largest absolute Gasteiger partial charge is 0.465 e. The molecule has 1 saturated heterocycles. The molecule has 1 amide bonds. The second kappa shape index (κ2) is 10.4. The minimum atomic E-state index is -0.417. The van der Waals surface area contributed by atoms with Crippen LogP contribution < -0.4 is 0 Å². The Hall–Kier alpha value is -2.77. The number of esters is 1. The number of halogens is 2. The molecule has 1 fully saturated rings. The molecular formula is C25H27ClFN3O3. The van der Waals surface area contributed by atoms with Gasteiger partial charge in [-0.05, 0) is 61.7 Å². The zero-order chi connectivity index (χ0) is 23.4. The van der Waals surface area contributed by atoms with E-state index in [4.69, 9.17) is 16.3 Å². The number of carbonyl (C=O) groups is 2. The topological polar surface area (TPSA) is 62.2 Å². The highest BCUT2D eigenvalue weighted by atomic mass is 35.5. The Labute approximate surface area is 198 Å². The molecule has 2 atom stereocenters. The molecule has 4 rings (SSSR count). The van der Waals surface area contributed by atoms with E-state index in [0.29, 0.717) is 36.7 Å². The van der Waals surface area contributed by atoms with Gasteiger partial charge in [0.2, 0.25) is 0 Å². The van der Waals surface area contributed by atoms with E-state index in [1.165, 1.54) is 17.1 Å². The Balaban J connectivity index is 1.59. The summed E-state index contributed by atoms with van der Waals surface area (Å²) in [5.41, 5.74) is 2.39. The minimum absolute atomic E-state index is 0.0772. The first-order valence-electron chi connectivity index (χ1n) is 11.3. The second-order valence-corrected chi connectivity index (χ2v) is 8.73. The molecule has 0 saturated carbocycles. The van der Waals surface area contributed by atoms with Crippen LogP contribution in [0.5, 0.6) is 0 Å². The predicted octanol–water partition coefficient (Wildman–Crippen LogP) is 4.57. The first-order valence-corrected chi connectivity index (χ1v) is 11.7. The molecule has 33 heavy (non-hydrogen) atoms. The molecule has 0 aromatic heterocycles. The molecule has 6 nitrogen and oxygen atoms in total. The molecule has 0 aliphatic carbocycles. The Kier molecular flexibility index (Phi) is 7.40. The van der Waals surface area contributed by atoms with Crippen LogP contribution >= 0.6 is 11.6 Å². The van der Waals surface area contributed by atoms with Crippen LogP contribution in [0.3, 0.4) is 0 Å². The normalized spacial score (nSPS) is 21.1. The van der Waals surface area contributed by atoms with Crippen LogP contribution in [0.2, 0.25) is 5.02 Å². The van der Waals surface area contributed by atoms with Gasteiger partial charge in [0.1, 0.15) is 11.9 Å². The Morgan fingerprint density at radius 1 is 1.12 bits per heavy atom. The number of hydrogen-bond donors (Lipinski definition) is 0. The maximum atomic E-state index is 13.5. The fourth-order valence-corrected chi connectivity index (χ4v) is 4.56. The van der Waals surface area contributed by atoms with Crippen LogP contribution in [0, 0.1) is 5.82 Å². The van der Waals surface area contributed by atoms with Gasteiger partial charge in [0.15, 0.2) is 0 Å². The summed E-state index contributed by atoms with van der Waals surface area (Å²) in [6, 6.07) is 12.7. The van der Waals surface area contributed by atoms with Gasteiger partial charge in [0, 0.05) is 11.4 Å². The molecule has 174 valence electrons. The number of carbonyl (C=O) groups excluding carboxylic acids is 2. The summed E-state index contributed by atoms with van der Waals surface area (Å²) in [6.45, 7) is 2.83. The van der Waals surface area contributed by atoms with Crippen molar-refractivity contribution in [3.05, 3.63) is 70.5 Å². The number of nitrogens with zero attached hydrogens (tertiary/aromatic N) is 3. The van der Waals surface area contributed by atoms with Crippen molar-refractivity contribution in [1.29, 1.82) is 0 Å². The lowest BCUT2D eigenvalue weighted by atomic mass is 9.98. The van der Waals surface area contributed by atoms with Crippen LogP contribution in [0.15, 0.2) is 53.6 Å². The van der Waals surface area contributed by atoms with Crippen molar-refractivity contribution in [2.75, 3.05) is 19.7 Å². The van der Waals surface area contributed by atoms with Gasteiger partial charge in [-0.1, -0.05) is 42.3 Å².